The van der Waals surface area contributed by atoms with Crippen molar-refractivity contribution >= 4 is 6.41 Å². The number of allylic oxidation sites excluding steroid dienone is 2. The number of carbonyl (C=O) groups is 1. The van der Waals surface area contributed by atoms with Crippen molar-refractivity contribution < 1.29 is 14.3 Å². The molecule has 23 heavy (non-hydrogen) atoms. The normalized spacial score (nSPS) is 20.7. The molecule has 0 bridgehead atoms. The molecule has 0 aromatic heterocycles. The van der Waals surface area contributed by atoms with Gasteiger partial charge in [0.2, 0.25) is 6.41 Å². The van der Waals surface area contributed by atoms with Gasteiger partial charge in [0, 0.05) is 13.0 Å². The van der Waals surface area contributed by atoms with E-state index in [2.05, 4.69) is 18.2 Å². The van der Waals surface area contributed by atoms with E-state index in [-0.39, 0.29) is 6.04 Å². The van der Waals surface area contributed by atoms with Crippen molar-refractivity contribution in [2.24, 2.45) is 0 Å². The SMILES string of the molecule is COC1=CCC2=C(CCN(C=O)[C@H]2Cc2ccc(OC)cc2)C1. The molecule has 4 nitrogen and oxygen atoms in total. The minimum absolute atomic E-state index is 0.152. The predicted molar refractivity (Wildman–Crippen MR) is 89.2 cm³/mol. The Morgan fingerprint density at radius 1 is 1.22 bits per heavy atom. The summed E-state index contributed by atoms with van der Waals surface area (Å²) in [4.78, 5) is 13.4. The first-order chi connectivity index (χ1) is 11.2. The number of ether oxygens (including phenoxy) is 2. The molecular formula is C19H23NO3. The molecule has 1 atom stereocenters. The van der Waals surface area contributed by atoms with Gasteiger partial charge in [0.05, 0.1) is 26.0 Å². The molecule has 1 aliphatic carbocycles. The van der Waals surface area contributed by atoms with Gasteiger partial charge in [-0.05, 0) is 48.6 Å². The summed E-state index contributed by atoms with van der Waals surface area (Å²) in [6.45, 7) is 0.792. The van der Waals surface area contributed by atoms with Gasteiger partial charge in [0.25, 0.3) is 0 Å². The Hall–Kier alpha value is -2.23. The molecule has 0 unspecified atom stereocenters. The van der Waals surface area contributed by atoms with Gasteiger partial charge < -0.3 is 14.4 Å². The van der Waals surface area contributed by atoms with Gasteiger partial charge >= 0.3 is 0 Å². The fourth-order valence-electron chi connectivity index (χ4n) is 3.51. The van der Waals surface area contributed by atoms with Crippen LogP contribution in [0.2, 0.25) is 0 Å². The number of benzene rings is 1. The van der Waals surface area contributed by atoms with E-state index in [1.165, 1.54) is 16.7 Å². The molecule has 0 N–H and O–H groups in total. The Morgan fingerprint density at radius 2 is 2.00 bits per heavy atom. The summed E-state index contributed by atoms with van der Waals surface area (Å²) < 4.78 is 10.6. The third-order valence-electron chi connectivity index (χ3n) is 4.85. The lowest BCUT2D eigenvalue weighted by Gasteiger charge is -2.38. The number of rotatable bonds is 5. The van der Waals surface area contributed by atoms with E-state index >= 15 is 0 Å². The summed E-state index contributed by atoms with van der Waals surface area (Å²) in [5.41, 5.74) is 4.05. The number of hydrogen-bond acceptors (Lipinski definition) is 3. The second kappa shape index (κ2) is 6.90. The second-order valence-electron chi connectivity index (χ2n) is 6.05. The zero-order valence-corrected chi connectivity index (χ0v) is 13.7. The maximum absolute atomic E-state index is 11.5. The Bertz CT molecular complexity index is 631. The van der Waals surface area contributed by atoms with Gasteiger partial charge in [0.15, 0.2) is 0 Å². The van der Waals surface area contributed by atoms with Gasteiger partial charge in [-0.2, -0.15) is 0 Å². The molecule has 3 rings (SSSR count). The fraction of sp³-hybridized carbons (Fsp3) is 0.421. The average Bonchev–Trinajstić information content (AvgIpc) is 2.62. The standard InChI is InChI=1S/C19H23NO3/c1-22-16-5-3-14(4-6-16)11-19-18-8-7-17(23-2)12-15(18)9-10-20(19)13-21/h3-7,13,19H,8-12H2,1-2H3/t19-/m0/s1. The van der Waals surface area contributed by atoms with E-state index in [9.17, 15) is 4.79 Å². The quantitative estimate of drug-likeness (QED) is 0.619. The molecule has 1 heterocycles. The molecule has 1 amide bonds. The minimum atomic E-state index is 0.152. The number of carbonyl (C=O) groups excluding carboxylic acids is 1. The molecule has 2 aliphatic rings. The van der Waals surface area contributed by atoms with Crippen LogP contribution in [-0.4, -0.2) is 38.1 Å². The van der Waals surface area contributed by atoms with E-state index in [4.69, 9.17) is 9.47 Å². The van der Waals surface area contributed by atoms with E-state index in [1.807, 2.05) is 17.0 Å². The van der Waals surface area contributed by atoms with E-state index in [0.29, 0.717) is 0 Å². The van der Waals surface area contributed by atoms with Gasteiger partial charge in [-0.3, -0.25) is 4.79 Å². The van der Waals surface area contributed by atoms with Gasteiger partial charge in [-0.1, -0.05) is 17.7 Å². The highest BCUT2D eigenvalue weighted by atomic mass is 16.5. The molecule has 0 radical (unpaired) electrons. The lowest BCUT2D eigenvalue weighted by atomic mass is 9.83. The van der Waals surface area contributed by atoms with Crippen LogP contribution in [0.4, 0.5) is 0 Å². The number of hydrogen-bond donors (Lipinski definition) is 0. The second-order valence-corrected chi connectivity index (χ2v) is 6.05. The summed E-state index contributed by atoms with van der Waals surface area (Å²) >= 11 is 0. The molecule has 122 valence electrons. The molecule has 4 heteroatoms. The molecule has 1 aliphatic heterocycles. The number of methoxy groups -OCH3 is 2. The van der Waals surface area contributed by atoms with Crippen LogP contribution in [0.25, 0.3) is 0 Å². The van der Waals surface area contributed by atoms with E-state index < -0.39 is 0 Å². The topological polar surface area (TPSA) is 38.8 Å². The van der Waals surface area contributed by atoms with Crippen molar-refractivity contribution in [1.29, 1.82) is 0 Å². The van der Waals surface area contributed by atoms with Crippen LogP contribution in [0.1, 0.15) is 24.8 Å². The average molecular weight is 313 g/mol. The number of amides is 1. The zero-order chi connectivity index (χ0) is 16.2. The van der Waals surface area contributed by atoms with Gasteiger partial charge in [0.1, 0.15) is 5.75 Å². The molecule has 1 aromatic rings. The van der Waals surface area contributed by atoms with Gasteiger partial charge in [-0.25, -0.2) is 0 Å². The molecule has 1 aromatic carbocycles. The third kappa shape index (κ3) is 3.26. The minimum Gasteiger partial charge on any atom is -0.501 e. The lowest BCUT2D eigenvalue weighted by Crippen LogP contribution is -2.42. The Balaban J connectivity index is 1.82. The van der Waals surface area contributed by atoms with Crippen molar-refractivity contribution in [1.82, 2.24) is 4.90 Å². The molecular weight excluding hydrogens is 290 g/mol. The first-order valence-corrected chi connectivity index (χ1v) is 8.03. The highest BCUT2D eigenvalue weighted by molar-refractivity contribution is 5.52. The Morgan fingerprint density at radius 3 is 2.65 bits per heavy atom. The maximum Gasteiger partial charge on any atom is 0.210 e. The van der Waals surface area contributed by atoms with Crippen molar-refractivity contribution in [2.75, 3.05) is 20.8 Å². The Kier molecular flexibility index (Phi) is 4.70. The Labute approximate surface area is 137 Å². The lowest BCUT2D eigenvalue weighted by molar-refractivity contribution is -0.119. The molecule has 0 saturated carbocycles. The molecule has 0 spiro atoms. The van der Waals surface area contributed by atoms with Crippen molar-refractivity contribution in [2.45, 2.75) is 31.7 Å². The third-order valence-corrected chi connectivity index (χ3v) is 4.85. The predicted octanol–water partition coefficient (Wildman–Crippen LogP) is 3.09. The summed E-state index contributed by atoms with van der Waals surface area (Å²) in [7, 11) is 3.40. The van der Waals surface area contributed by atoms with Crippen molar-refractivity contribution in [3.63, 3.8) is 0 Å². The summed E-state index contributed by atoms with van der Waals surface area (Å²) in [5.74, 6) is 1.90. The van der Waals surface area contributed by atoms with Crippen molar-refractivity contribution in [3.8, 4) is 5.75 Å². The highest BCUT2D eigenvalue weighted by Crippen LogP contribution is 2.35. The van der Waals surface area contributed by atoms with Crippen LogP contribution in [0.3, 0.4) is 0 Å². The fourth-order valence-corrected chi connectivity index (χ4v) is 3.51. The van der Waals surface area contributed by atoms with Crippen LogP contribution < -0.4 is 4.74 Å². The van der Waals surface area contributed by atoms with Crippen molar-refractivity contribution in [3.05, 3.63) is 52.8 Å². The van der Waals surface area contributed by atoms with Crippen LogP contribution >= 0.6 is 0 Å². The summed E-state index contributed by atoms with van der Waals surface area (Å²) in [6.07, 6.45) is 6.70. The van der Waals surface area contributed by atoms with E-state index in [0.717, 1.165) is 50.1 Å². The highest BCUT2D eigenvalue weighted by Gasteiger charge is 2.30. The summed E-state index contributed by atoms with van der Waals surface area (Å²) in [6, 6.07) is 8.26. The van der Waals surface area contributed by atoms with Crippen LogP contribution in [0, 0.1) is 0 Å². The first-order valence-electron chi connectivity index (χ1n) is 8.03. The molecule has 0 fully saturated rings. The largest absolute Gasteiger partial charge is 0.501 e. The van der Waals surface area contributed by atoms with Gasteiger partial charge in [-0.15, -0.1) is 0 Å². The number of nitrogens with zero attached hydrogens (tertiary/aromatic N) is 1. The zero-order valence-electron chi connectivity index (χ0n) is 13.7. The van der Waals surface area contributed by atoms with E-state index in [1.54, 1.807) is 14.2 Å². The van der Waals surface area contributed by atoms with Crippen LogP contribution in [0.15, 0.2) is 47.2 Å². The monoisotopic (exact) mass is 313 g/mol. The molecule has 0 saturated heterocycles. The smallest absolute Gasteiger partial charge is 0.210 e. The summed E-state index contributed by atoms with van der Waals surface area (Å²) in [5, 5.41) is 0. The maximum atomic E-state index is 11.5. The van der Waals surface area contributed by atoms with Crippen LogP contribution in [-0.2, 0) is 16.0 Å². The van der Waals surface area contributed by atoms with Crippen LogP contribution in [0.5, 0.6) is 5.75 Å². The first kappa shape index (κ1) is 15.7.